The second-order valence-electron chi connectivity index (χ2n) is 4.32. The summed E-state index contributed by atoms with van der Waals surface area (Å²) in [5.41, 5.74) is 2.64. The standard InChI is InChI=1S/C16H12N2O3/c17-11-12-1-3-13(4-2-12)14-5-7-15(8-6-14)21-10-9-16(19)18-20/h1-8H,9-10H2/p+1. The summed E-state index contributed by atoms with van der Waals surface area (Å²) in [5.74, 6) is 0.176. The van der Waals surface area contributed by atoms with Gasteiger partial charge < -0.3 is 9.84 Å². The average molecular weight is 281 g/mol. The first kappa shape index (κ1) is 14.3. The van der Waals surface area contributed by atoms with Gasteiger partial charge in [0.15, 0.2) is 4.91 Å². The summed E-state index contributed by atoms with van der Waals surface area (Å²) in [7, 11) is 0. The Morgan fingerprint density at radius 3 is 2.19 bits per heavy atom. The van der Waals surface area contributed by atoms with E-state index in [2.05, 4.69) is 10.9 Å². The van der Waals surface area contributed by atoms with E-state index >= 15 is 0 Å². The number of nitrogens with zero attached hydrogens (tertiary/aromatic N) is 2. The van der Waals surface area contributed by atoms with Crippen LogP contribution in [-0.4, -0.2) is 17.6 Å². The molecule has 0 saturated heterocycles. The Morgan fingerprint density at radius 2 is 1.67 bits per heavy atom. The highest BCUT2D eigenvalue weighted by Crippen LogP contribution is 2.22. The average Bonchev–Trinajstić information content (AvgIpc) is 2.55. The van der Waals surface area contributed by atoms with E-state index in [9.17, 15) is 4.91 Å². The van der Waals surface area contributed by atoms with Gasteiger partial charge in [-0.05, 0) is 35.4 Å². The van der Waals surface area contributed by atoms with Crippen LogP contribution in [-0.2, 0) is 0 Å². The topological polar surface area (TPSA) is 84.4 Å². The van der Waals surface area contributed by atoms with Crippen molar-refractivity contribution in [2.24, 2.45) is 0 Å². The van der Waals surface area contributed by atoms with Gasteiger partial charge in [0.2, 0.25) is 0 Å². The Bertz CT molecular complexity index is 694. The molecule has 2 aromatic carbocycles. The molecule has 0 fully saturated rings. The van der Waals surface area contributed by atoms with Crippen LogP contribution in [0.5, 0.6) is 5.75 Å². The fourth-order valence-electron chi connectivity index (χ4n) is 1.79. The molecule has 2 rings (SSSR count). The van der Waals surface area contributed by atoms with Gasteiger partial charge in [-0.2, -0.15) is 5.26 Å². The van der Waals surface area contributed by atoms with Crippen LogP contribution in [0.4, 0.5) is 0 Å². The van der Waals surface area contributed by atoms with Gasteiger partial charge >= 0.3 is 5.90 Å². The van der Waals surface area contributed by atoms with Crippen LogP contribution in [0.25, 0.3) is 11.1 Å². The summed E-state index contributed by atoms with van der Waals surface area (Å²) in [5, 5.41) is 17.7. The Morgan fingerprint density at radius 1 is 1.10 bits per heavy atom. The van der Waals surface area contributed by atoms with Crippen LogP contribution in [0, 0.1) is 16.2 Å². The quantitative estimate of drug-likeness (QED) is 0.519. The number of hydrogen-bond acceptors (Lipinski definition) is 3. The molecule has 21 heavy (non-hydrogen) atoms. The predicted octanol–water partition coefficient (Wildman–Crippen LogP) is 2.78. The van der Waals surface area contributed by atoms with E-state index in [1.54, 1.807) is 24.3 Å². The molecule has 104 valence electrons. The van der Waals surface area contributed by atoms with Crippen LogP contribution in [0.1, 0.15) is 12.0 Å². The first-order valence-electron chi connectivity index (χ1n) is 6.34. The highest BCUT2D eigenvalue weighted by molar-refractivity contribution is 5.71. The Balaban J connectivity index is 2.01. The monoisotopic (exact) mass is 281 g/mol. The summed E-state index contributed by atoms with van der Waals surface area (Å²) in [6.07, 6.45) is 0.0842. The van der Waals surface area contributed by atoms with Crippen molar-refractivity contribution in [3.63, 3.8) is 0 Å². The smallest absolute Gasteiger partial charge is 0.493 e. The lowest BCUT2D eigenvalue weighted by atomic mass is 10.0. The molecule has 5 nitrogen and oxygen atoms in total. The second-order valence-corrected chi connectivity index (χ2v) is 4.32. The maximum absolute atomic E-state index is 9.98. The SMILES string of the molecule is N#Cc1ccc(-c2ccc(OCCC(O)=[N+]=O)cc2)cc1. The molecular formula is C16H13N2O3+. The van der Waals surface area contributed by atoms with Crippen molar-refractivity contribution < 1.29 is 9.84 Å². The summed E-state index contributed by atoms with van der Waals surface area (Å²) in [6, 6.07) is 16.8. The number of nitriles is 1. The molecule has 5 heteroatoms. The molecule has 0 saturated carbocycles. The third kappa shape index (κ3) is 3.93. The lowest BCUT2D eigenvalue weighted by molar-refractivity contribution is 0.320. The molecular weight excluding hydrogens is 268 g/mol. The van der Waals surface area contributed by atoms with Crippen LogP contribution in [0.2, 0.25) is 0 Å². The summed E-state index contributed by atoms with van der Waals surface area (Å²) < 4.78 is 5.38. The number of ether oxygens (including phenoxy) is 1. The fraction of sp³-hybridized carbons (Fsp3) is 0.125. The molecule has 0 bridgehead atoms. The van der Waals surface area contributed by atoms with E-state index in [4.69, 9.17) is 15.1 Å². The Kier molecular flexibility index (Phi) is 4.70. The van der Waals surface area contributed by atoms with Crippen molar-refractivity contribution >= 4 is 5.90 Å². The lowest BCUT2D eigenvalue weighted by Gasteiger charge is -2.05. The zero-order valence-electron chi connectivity index (χ0n) is 11.2. The third-order valence-electron chi connectivity index (χ3n) is 2.90. The number of benzene rings is 2. The van der Waals surface area contributed by atoms with Crippen molar-refractivity contribution in [1.82, 2.24) is 4.85 Å². The first-order valence-corrected chi connectivity index (χ1v) is 6.34. The minimum absolute atomic E-state index is 0.0842. The number of aliphatic hydroxyl groups excluding tert-OH is 1. The predicted molar refractivity (Wildman–Crippen MR) is 79.8 cm³/mol. The number of aliphatic hydroxyl groups is 1. The molecule has 0 heterocycles. The summed E-state index contributed by atoms with van der Waals surface area (Å²) >= 11 is 0. The molecule has 0 unspecified atom stereocenters. The van der Waals surface area contributed by atoms with E-state index in [0.717, 1.165) is 11.1 Å². The molecule has 2 aromatic rings. The largest absolute Gasteiger partial charge is 0.533 e. The van der Waals surface area contributed by atoms with E-state index in [1.165, 1.54) is 0 Å². The zero-order valence-corrected chi connectivity index (χ0v) is 11.2. The molecule has 0 aliphatic heterocycles. The molecule has 0 atom stereocenters. The molecule has 0 aromatic heterocycles. The maximum atomic E-state index is 9.98. The van der Waals surface area contributed by atoms with E-state index < -0.39 is 5.90 Å². The number of rotatable bonds is 5. The van der Waals surface area contributed by atoms with Crippen molar-refractivity contribution in [2.75, 3.05) is 6.61 Å². The molecule has 0 radical (unpaired) electrons. The number of hydrogen-bond donors (Lipinski definition) is 1. The van der Waals surface area contributed by atoms with Gasteiger partial charge in [0, 0.05) is 0 Å². The first-order chi connectivity index (χ1) is 10.2. The molecule has 0 aliphatic carbocycles. The molecule has 0 spiro atoms. The van der Waals surface area contributed by atoms with Crippen LogP contribution >= 0.6 is 0 Å². The lowest BCUT2D eigenvalue weighted by Crippen LogP contribution is -2.07. The minimum atomic E-state index is -0.468. The van der Waals surface area contributed by atoms with E-state index in [1.807, 2.05) is 24.3 Å². The Labute approximate surface area is 121 Å². The van der Waals surface area contributed by atoms with Gasteiger partial charge in [-0.25, -0.2) is 0 Å². The second kappa shape index (κ2) is 6.90. The van der Waals surface area contributed by atoms with Crippen molar-refractivity contribution in [3.05, 3.63) is 59.0 Å². The normalized spacial score (nSPS) is 9.48. The van der Waals surface area contributed by atoms with Gasteiger partial charge in [0.25, 0.3) is 4.85 Å². The third-order valence-corrected chi connectivity index (χ3v) is 2.90. The summed E-state index contributed by atoms with van der Waals surface area (Å²) in [4.78, 5) is 12.4. The minimum Gasteiger partial charge on any atom is -0.493 e. The maximum Gasteiger partial charge on any atom is 0.533 e. The van der Waals surface area contributed by atoms with Crippen LogP contribution < -0.4 is 9.59 Å². The zero-order chi connectivity index (χ0) is 15.1. The van der Waals surface area contributed by atoms with E-state index in [-0.39, 0.29) is 13.0 Å². The van der Waals surface area contributed by atoms with Crippen LogP contribution in [0.3, 0.4) is 0 Å². The van der Waals surface area contributed by atoms with Crippen molar-refractivity contribution in [2.45, 2.75) is 6.42 Å². The Hall–Kier alpha value is -3.09. The van der Waals surface area contributed by atoms with Gasteiger partial charge in [0.05, 0.1) is 11.6 Å². The van der Waals surface area contributed by atoms with Gasteiger partial charge in [-0.1, -0.05) is 24.3 Å². The molecule has 1 N–H and O–H groups in total. The van der Waals surface area contributed by atoms with Crippen molar-refractivity contribution in [1.29, 1.82) is 5.26 Å². The number of nitroso groups, excluding NO2 is 1. The van der Waals surface area contributed by atoms with Gasteiger partial charge in [-0.3, -0.25) is 0 Å². The van der Waals surface area contributed by atoms with E-state index in [0.29, 0.717) is 11.3 Å². The van der Waals surface area contributed by atoms with Gasteiger partial charge in [-0.15, -0.1) is 0 Å². The fourth-order valence-corrected chi connectivity index (χ4v) is 1.79. The van der Waals surface area contributed by atoms with Gasteiger partial charge in [0.1, 0.15) is 18.8 Å². The highest BCUT2D eigenvalue weighted by Gasteiger charge is 2.08. The van der Waals surface area contributed by atoms with Crippen LogP contribution in [0.15, 0.2) is 48.5 Å². The molecule has 0 aliphatic rings. The molecule has 0 amide bonds. The summed E-state index contributed by atoms with van der Waals surface area (Å²) in [6.45, 7) is 0.188. The highest BCUT2D eigenvalue weighted by atomic mass is 16.5. The van der Waals surface area contributed by atoms with Crippen molar-refractivity contribution in [3.8, 4) is 22.9 Å².